The van der Waals surface area contributed by atoms with E-state index in [2.05, 4.69) is 0 Å². The lowest BCUT2D eigenvalue weighted by Gasteiger charge is -2.16. The van der Waals surface area contributed by atoms with Crippen LogP contribution < -0.4 is 29.1 Å². The van der Waals surface area contributed by atoms with Gasteiger partial charge in [-0.2, -0.15) is 13.2 Å². The molecule has 0 saturated carbocycles. The Kier molecular flexibility index (Phi) is 7.70. The Morgan fingerprint density at radius 2 is 1.51 bits per heavy atom. The number of ether oxygens (including phenoxy) is 5. The molecule has 0 unspecified atom stereocenters. The van der Waals surface area contributed by atoms with Gasteiger partial charge >= 0.3 is 12.1 Å². The predicted octanol–water partition coefficient (Wildman–Crippen LogP) is 6.41. The summed E-state index contributed by atoms with van der Waals surface area (Å²) < 4.78 is 73.5. The molecule has 0 fully saturated rings. The molecule has 39 heavy (non-hydrogen) atoms. The molecule has 0 saturated heterocycles. The number of hydrogen-bond donors (Lipinski definition) is 0. The number of benzene rings is 3. The number of halogens is 3. The van der Waals surface area contributed by atoms with Crippen molar-refractivity contribution >= 4 is 16.9 Å². The van der Waals surface area contributed by atoms with E-state index in [1.165, 1.54) is 51.7 Å². The van der Waals surface area contributed by atoms with E-state index in [-0.39, 0.29) is 46.1 Å². The molecule has 11 heteroatoms. The summed E-state index contributed by atoms with van der Waals surface area (Å²) in [5, 5.41) is -0.168. The molecular formula is C28H23F3O8. The van der Waals surface area contributed by atoms with Gasteiger partial charge < -0.3 is 28.1 Å². The van der Waals surface area contributed by atoms with Crippen LogP contribution in [0.15, 0.2) is 63.8 Å². The molecule has 0 radical (unpaired) electrons. The highest BCUT2D eigenvalue weighted by Gasteiger charge is 2.40. The van der Waals surface area contributed by atoms with Gasteiger partial charge in [0.05, 0.1) is 32.3 Å². The van der Waals surface area contributed by atoms with Gasteiger partial charge in [0.2, 0.25) is 16.9 Å². The van der Waals surface area contributed by atoms with Crippen LogP contribution in [0.2, 0.25) is 0 Å². The van der Waals surface area contributed by atoms with Gasteiger partial charge in [-0.1, -0.05) is 25.1 Å². The van der Waals surface area contributed by atoms with E-state index in [4.69, 9.17) is 28.1 Å². The van der Waals surface area contributed by atoms with Gasteiger partial charge in [0.25, 0.3) is 5.76 Å². The second-order valence-corrected chi connectivity index (χ2v) is 8.12. The monoisotopic (exact) mass is 544 g/mol. The normalized spacial score (nSPS) is 11.3. The van der Waals surface area contributed by atoms with Crippen LogP contribution in [0.4, 0.5) is 13.2 Å². The number of rotatable bonds is 8. The third-order valence-corrected chi connectivity index (χ3v) is 5.74. The molecule has 204 valence electrons. The maximum absolute atomic E-state index is 13.9. The van der Waals surface area contributed by atoms with Crippen LogP contribution in [0, 0.1) is 0 Å². The highest BCUT2D eigenvalue weighted by molar-refractivity contribution is 5.93. The van der Waals surface area contributed by atoms with Crippen LogP contribution in [0.25, 0.3) is 11.0 Å². The highest BCUT2D eigenvalue weighted by Crippen LogP contribution is 2.40. The minimum absolute atomic E-state index is 0.0238. The molecule has 0 bridgehead atoms. The molecule has 3 aromatic carbocycles. The first-order valence-corrected chi connectivity index (χ1v) is 11.6. The molecule has 8 nitrogen and oxygen atoms in total. The Hall–Kier alpha value is -4.67. The summed E-state index contributed by atoms with van der Waals surface area (Å²) in [6, 6.07) is 12.7. The van der Waals surface area contributed by atoms with Crippen LogP contribution in [0.5, 0.6) is 34.5 Å². The average Bonchev–Trinajstić information content (AvgIpc) is 2.93. The van der Waals surface area contributed by atoms with E-state index in [9.17, 15) is 22.8 Å². The van der Waals surface area contributed by atoms with E-state index >= 15 is 0 Å². The fourth-order valence-corrected chi connectivity index (χ4v) is 3.86. The number of fused-ring (bicyclic) bond motifs is 1. The van der Waals surface area contributed by atoms with Crippen LogP contribution in [-0.4, -0.2) is 27.3 Å². The molecular weight excluding hydrogens is 521 g/mol. The topological polar surface area (TPSA) is 93.4 Å². The number of methoxy groups -OCH3 is 3. The summed E-state index contributed by atoms with van der Waals surface area (Å²) in [4.78, 5) is 26.2. The van der Waals surface area contributed by atoms with Crippen molar-refractivity contribution in [1.82, 2.24) is 0 Å². The molecule has 0 atom stereocenters. The third-order valence-electron chi connectivity index (χ3n) is 5.74. The van der Waals surface area contributed by atoms with Crippen LogP contribution in [0.3, 0.4) is 0 Å². The molecule has 0 spiro atoms. The van der Waals surface area contributed by atoms with Crippen molar-refractivity contribution in [3.8, 4) is 34.5 Å². The van der Waals surface area contributed by atoms with Gasteiger partial charge in [-0.3, -0.25) is 4.79 Å². The molecule has 4 rings (SSSR count). The molecule has 4 aromatic rings. The lowest BCUT2D eigenvalue weighted by Crippen LogP contribution is -2.16. The Morgan fingerprint density at radius 1 is 0.872 bits per heavy atom. The Labute approximate surface area is 220 Å². The van der Waals surface area contributed by atoms with Crippen LogP contribution >= 0.6 is 0 Å². The minimum atomic E-state index is -5.05. The zero-order chi connectivity index (χ0) is 28.3. The Morgan fingerprint density at radius 3 is 2.05 bits per heavy atom. The predicted molar refractivity (Wildman–Crippen MR) is 134 cm³/mol. The summed E-state index contributed by atoms with van der Waals surface area (Å²) in [5.74, 6) is -2.87. The smallest absolute Gasteiger partial charge is 0.453 e. The van der Waals surface area contributed by atoms with E-state index in [0.29, 0.717) is 5.56 Å². The first kappa shape index (κ1) is 27.4. The first-order valence-electron chi connectivity index (χ1n) is 11.6. The minimum Gasteiger partial charge on any atom is -0.493 e. The molecule has 1 aromatic heterocycles. The number of hydrogen-bond acceptors (Lipinski definition) is 8. The van der Waals surface area contributed by atoms with Gasteiger partial charge in [-0.25, -0.2) is 4.79 Å². The molecule has 0 aliphatic rings. The van der Waals surface area contributed by atoms with E-state index in [1.54, 1.807) is 25.1 Å². The second-order valence-electron chi connectivity index (χ2n) is 8.12. The van der Waals surface area contributed by atoms with Crippen molar-refractivity contribution in [3.63, 3.8) is 0 Å². The Bertz CT molecular complexity index is 1550. The average molecular weight is 544 g/mol. The van der Waals surface area contributed by atoms with Crippen molar-refractivity contribution in [2.45, 2.75) is 19.5 Å². The first-order chi connectivity index (χ1) is 18.6. The van der Waals surface area contributed by atoms with Gasteiger partial charge in [0, 0.05) is 6.07 Å². The van der Waals surface area contributed by atoms with Gasteiger partial charge in [0.1, 0.15) is 17.1 Å². The number of aryl methyl sites for hydroxylation is 1. The quantitative estimate of drug-likeness (QED) is 0.186. The van der Waals surface area contributed by atoms with Crippen molar-refractivity contribution in [2.24, 2.45) is 0 Å². The SMILES string of the molecule is CCc1cc2c(=O)c(Oc3ccccc3)c(C(F)(F)F)oc2cc1OC(=O)c1cc(OC)c(OC)c(OC)c1. The fraction of sp³-hybridized carbons (Fsp3) is 0.214. The summed E-state index contributed by atoms with van der Waals surface area (Å²) >= 11 is 0. The number of carbonyl (C=O) groups is 1. The fourth-order valence-electron chi connectivity index (χ4n) is 3.86. The van der Waals surface area contributed by atoms with Gasteiger partial charge in [0.15, 0.2) is 11.5 Å². The van der Waals surface area contributed by atoms with Crippen molar-refractivity contribution in [2.75, 3.05) is 21.3 Å². The highest BCUT2D eigenvalue weighted by atomic mass is 19.4. The van der Waals surface area contributed by atoms with Crippen molar-refractivity contribution < 1.29 is 46.1 Å². The van der Waals surface area contributed by atoms with E-state index in [1.807, 2.05) is 0 Å². The summed E-state index contributed by atoms with van der Waals surface area (Å²) in [6.45, 7) is 1.73. The lowest BCUT2D eigenvalue weighted by molar-refractivity contribution is -0.154. The van der Waals surface area contributed by atoms with E-state index < -0.39 is 34.7 Å². The molecule has 0 aliphatic heterocycles. The molecule has 0 N–H and O–H groups in total. The third kappa shape index (κ3) is 5.47. The second kappa shape index (κ2) is 11.0. The summed E-state index contributed by atoms with van der Waals surface area (Å²) in [5.41, 5.74) is -1.06. The number of alkyl halides is 3. The van der Waals surface area contributed by atoms with Crippen LogP contribution in [0.1, 0.15) is 28.6 Å². The number of para-hydroxylation sites is 1. The van der Waals surface area contributed by atoms with Crippen molar-refractivity contribution in [1.29, 1.82) is 0 Å². The zero-order valence-electron chi connectivity index (χ0n) is 21.3. The maximum Gasteiger partial charge on any atom is 0.453 e. The molecule has 0 amide bonds. The zero-order valence-corrected chi connectivity index (χ0v) is 21.3. The van der Waals surface area contributed by atoms with Crippen LogP contribution in [-0.2, 0) is 12.6 Å². The van der Waals surface area contributed by atoms with Gasteiger partial charge in [-0.15, -0.1) is 0 Å². The van der Waals surface area contributed by atoms with Crippen molar-refractivity contribution in [3.05, 3.63) is 81.7 Å². The number of carbonyl (C=O) groups excluding carboxylic acids is 1. The maximum atomic E-state index is 13.9. The lowest BCUT2D eigenvalue weighted by atomic mass is 10.1. The standard InChI is InChI=1S/C28H23F3O8/c1-5-15-11-18-20(38-26(28(29,30)31)25(23(18)32)37-17-9-7-6-8-10-17)14-19(15)39-27(33)16-12-21(34-2)24(36-4)22(13-16)35-3/h6-14H,5H2,1-4H3. The summed E-state index contributed by atoms with van der Waals surface area (Å²) in [7, 11) is 4.15. The Balaban J connectivity index is 1.81. The summed E-state index contributed by atoms with van der Waals surface area (Å²) in [6.07, 6.45) is -4.77. The van der Waals surface area contributed by atoms with E-state index in [0.717, 1.165) is 6.07 Å². The largest absolute Gasteiger partial charge is 0.493 e. The number of esters is 1. The van der Waals surface area contributed by atoms with Gasteiger partial charge in [-0.05, 0) is 42.3 Å². The molecule has 0 aliphatic carbocycles. The molecule has 1 heterocycles.